The van der Waals surface area contributed by atoms with Crippen molar-refractivity contribution < 1.29 is 0 Å². The minimum atomic E-state index is 0.550. The number of nitrogens with one attached hydrogen (secondary N) is 1. The third-order valence-electron chi connectivity index (χ3n) is 3.53. The van der Waals surface area contributed by atoms with Crippen LogP contribution in [0.25, 0.3) is 0 Å². The highest BCUT2D eigenvalue weighted by Crippen LogP contribution is 2.30. The predicted molar refractivity (Wildman–Crippen MR) is 78.7 cm³/mol. The average Bonchev–Trinajstić information content (AvgIpc) is 2.73. The Morgan fingerprint density at radius 3 is 2.50 bits per heavy atom. The molecule has 0 amide bonds. The van der Waals surface area contributed by atoms with Crippen molar-refractivity contribution in [2.24, 2.45) is 0 Å². The van der Waals surface area contributed by atoms with Crippen LogP contribution < -0.4 is 5.32 Å². The van der Waals surface area contributed by atoms with E-state index < -0.39 is 0 Å². The van der Waals surface area contributed by atoms with Crippen LogP contribution in [0.2, 0.25) is 0 Å². The fraction of sp³-hybridized carbons (Fsp3) is 0.786. The summed E-state index contributed by atoms with van der Waals surface area (Å²) in [6.45, 7) is 14.7. The molecule has 1 aromatic heterocycles. The number of aryl methyl sites for hydroxylation is 1. The molecule has 0 bridgehead atoms. The third-order valence-corrected chi connectivity index (χ3v) is 5.22. The van der Waals surface area contributed by atoms with E-state index in [2.05, 4.69) is 37.9 Å². The average molecular weight is 267 g/mol. The summed E-state index contributed by atoms with van der Waals surface area (Å²) in [5, 5.41) is 4.69. The van der Waals surface area contributed by atoms with E-state index in [0.29, 0.717) is 11.8 Å². The molecule has 1 saturated heterocycles. The van der Waals surface area contributed by atoms with Crippen LogP contribution in [0.5, 0.6) is 0 Å². The topological polar surface area (TPSA) is 28.2 Å². The zero-order valence-corrected chi connectivity index (χ0v) is 12.8. The van der Waals surface area contributed by atoms with Gasteiger partial charge in [-0.2, -0.15) is 0 Å². The van der Waals surface area contributed by atoms with E-state index in [1.165, 1.54) is 35.2 Å². The zero-order chi connectivity index (χ0) is 13.1. The summed E-state index contributed by atoms with van der Waals surface area (Å²) in [5.74, 6) is 1.15. The lowest BCUT2D eigenvalue weighted by atomic mass is 10.1. The predicted octanol–water partition coefficient (Wildman–Crippen LogP) is 2.58. The van der Waals surface area contributed by atoms with E-state index in [9.17, 15) is 0 Å². The fourth-order valence-electron chi connectivity index (χ4n) is 2.50. The van der Waals surface area contributed by atoms with Crippen LogP contribution in [-0.2, 0) is 0 Å². The number of aromatic nitrogens is 1. The van der Waals surface area contributed by atoms with Gasteiger partial charge in [0.25, 0.3) is 0 Å². The molecule has 1 atom stereocenters. The van der Waals surface area contributed by atoms with Gasteiger partial charge in [-0.3, -0.25) is 0 Å². The molecule has 1 fully saturated rings. The maximum absolute atomic E-state index is 4.71. The molecule has 1 aromatic rings. The van der Waals surface area contributed by atoms with Crippen LogP contribution in [0.4, 0.5) is 0 Å². The fourth-order valence-corrected chi connectivity index (χ4v) is 3.61. The molecule has 1 unspecified atom stereocenters. The summed E-state index contributed by atoms with van der Waals surface area (Å²) >= 11 is 1.91. The van der Waals surface area contributed by atoms with Crippen molar-refractivity contribution in [2.45, 2.75) is 39.5 Å². The Hall–Kier alpha value is -0.450. The molecule has 102 valence electrons. The first-order chi connectivity index (χ1) is 8.58. The summed E-state index contributed by atoms with van der Waals surface area (Å²) in [7, 11) is 0. The minimum absolute atomic E-state index is 0.550. The van der Waals surface area contributed by atoms with Gasteiger partial charge in [-0.25, -0.2) is 4.98 Å². The summed E-state index contributed by atoms with van der Waals surface area (Å²) < 4.78 is 0. The van der Waals surface area contributed by atoms with Crippen molar-refractivity contribution in [3.8, 4) is 0 Å². The van der Waals surface area contributed by atoms with Crippen molar-refractivity contribution in [2.75, 3.05) is 32.7 Å². The first-order valence-corrected chi connectivity index (χ1v) is 7.80. The largest absolute Gasteiger partial charge is 0.314 e. The Kier molecular flexibility index (Phi) is 4.76. The molecule has 18 heavy (non-hydrogen) atoms. The molecule has 3 nitrogen and oxygen atoms in total. The Morgan fingerprint density at radius 1 is 1.28 bits per heavy atom. The molecule has 1 aliphatic heterocycles. The van der Waals surface area contributed by atoms with E-state index >= 15 is 0 Å². The van der Waals surface area contributed by atoms with Gasteiger partial charge in [0.15, 0.2) is 0 Å². The highest BCUT2D eigenvalue weighted by molar-refractivity contribution is 7.11. The number of rotatable bonds is 4. The van der Waals surface area contributed by atoms with Crippen LogP contribution in [0, 0.1) is 6.92 Å². The second-order valence-electron chi connectivity index (χ2n) is 5.61. The van der Waals surface area contributed by atoms with E-state index in [-0.39, 0.29) is 0 Å². The lowest BCUT2D eigenvalue weighted by Gasteiger charge is -2.29. The van der Waals surface area contributed by atoms with Crippen LogP contribution in [-0.4, -0.2) is 42.6 Å². The lowest BCUT2D eigenvalue weighted by Crippen LogP contribution is -2.44. The molecule has 1 N–H and O–H groups in total. The molecular weight excluding hydrogens is 242 g/mol. The highest BCUT2D eigenvalue weighted by atomic mass is 32.1. The van der Waals surface area contributed by atoms with Crippen LogP contribution in [0.3, 0.4) is 0 Å². The number of hydrogen-bond acceptors (Lipinski definition) is 4. The van der Waals surface area contributed by atoms with Gasteiger partial charge in [0.1, 0.15) is 0 Å². The van der Waals surface area contributed by atoms with Crippen LogP contribution >= 0.6 is 11.3 Å². The minimum Gasteiger partial charge on any atom is -0.314 e. The number of hydrogen-bond donors (Lipinski definition) is 1. The molecule has 0 aromatic carbocycles. The molecule has 4 heteroatoms. The van der Waals surface area contributed by atoms with E-state index in [1.54, 1.807) is 0 Å². The molecule has 0 radical (unpaired) electrons. The van der Waals surface area contributed by atoms with Gasteiger partial charge < -0.3 is 10.2 Å². The quantitative estimate of drug-likeness (QED) is 0.909. The standard InChI is InChI=1S/C14H25N3S/c1-10(2)14-16-12(4)13(18-14)11(3)9-17-7-5-15-6-8-17/h10-11,15H,5-9H2,1-4H3. The van der Waals surface area contributed by atoms with Crippen molar-refractivity contribution in [1.29, 1.82) is 0 Å². The molecule has 0 saturated carbocycles. The lowest BCUT2D eigenvalue weighted by molar-refractivity contribution is 0.231. The smallest absolute Gasteiger partial charge is 0.0956 e. The van der Waals surface area contributed by atoms with E-state index in [1.807, 2.05) is 11.3 Å². The van der Waals surface area contributed by atoms with Crippen molar-refractivity contribution in [3.63, 3.8) is 0 Å². The molecule has 2 rings (SSSR count). The highest BCUT2D eigenvalue weighted by Gasteiger charge is 2.19. The number of thiazole rings is 1. The number of piperazine rings is 1. The summed E-state index contributed by atoms with van der Waals surface area (Å²) in [6, 6.07) is 0. The monoisotopic (exact) mass is 267 g/mol. The third kappa shape index (κ3) is 3.31. The maximum Gasteiger partial charge on any atom is 0.0956 e. The summed E-state index contributed by atoms with van der Waals surface area (Å²) in [6.07, 6.45) is 0. The second-order valence-corrected chi connectivity index (χ2v) is 6.67. The zero-order valence-electron chi connectivity index (χ0n) is 12.0. The molecule has 0 aliphatic carbocycles. The Morgan fingerprint density at radius 2 is 1.94 bits per heavy atom. The van der Waals surface area contributed by atoms with Crippen LogP contribution in [0.15, 0.2) is 0 Å². The van der Waals surface area contributed by atoms with Crippen molar-refractivity contribution >= 4 is 11.3 Å². The van der Waals surface area contributed by atoms with Gasteiger partial charge in [-0.1, -0.05) is 20.8 Å². The van der Waals surface area contributed by atoms with E-state index in [0.717, 1.165) is 13.1 Å². The summed E-state index contributed by atoms with van der Waals surface area (Å²) in [5.41, 5.74) is 1.24. The first kappa shape index (κ1) is 14.0. The summed E-state index contributed by atoms with van der Waals surface area (Å²) in [4.78, 5) is 8.76. The second kappa shape index (κ2) is 6.13. The normalized spacial score (nSPS) is 19.4. The van der Waals surface area contributed by atoms with Crippen molar-refractivity contribution in [3.05, 3.63) is 15.6 Å². The first-order valence-electron chi connectivity index (χ1n) is 6.98. The maximum atomic E-state index is 4.71. The van der Waals surface area contributed by atoms with Gasteiger partial charge >= 0.3 is 0 Å². The Labute approximate surface area is 115 Å². The van der Waals surface area contributed by atoms with Gasteiger partial charge in [0, 0.05) is 49.4 Å². The molecule has 0 spiro atoms. The van der Waals surface area contributed by atoms with Gasteiger partial charge in [0.2, 0.25) is 0 Å². The van der Waals surface area contributed by atoms with Gasteiger partial charge in [-0.05, 0) is 6.92 Å². The molecule has 1 aliphatic rings. The van der Waals surface area contributed by atoms with Crippen LogP contribution in [0.1, 0.15) is 48.2 Å². The Bertz CT molecular complexity index is 380. The number of nitrogens with zero attached hydrogens (tertiary/aromatic N) is 2. The van der Waals surface area contributed by atoms with Gasteiger partial charge in [0.05, 0.1) is 10.7 Å². The van der Waals surface area contributed by atoms with Gasteiger partial charge in [-0.15, -0.1) is 11.3 Å². The molecular formula is C14H25N3S. The van der Waals surface area contributed by atoms with E-state index in [4.69, 9.17) is 4.98 Å². The Balaban J connectivity index is 2.01. The molecule has 2 heterocycles. The SMILES string of the molecule is Cc1nc(C(C)C)sc1C(C)CN1CCNCC1. The van der Waals surface area contributed by atoms with Crippen molar-refractivity contribution in [1.82, 2.24) is 15.2 Å².